The molecule has 1 amide bonds. The highest BCUT2D eigenvalue weighted by molar-refractivity contribution is 5.85. The third-order valence-corrected chi connectivity index (χ3v) is 3.58. The van der Waals surface area contributed by atoms with Gasteiger partial charge in [-0.3, -0.25) is 4.79 Å². The minimum atomic E-state index is -0.730. The van der Waals surface area contributed by atoms with Crippen molar-refractivity contribution >= 4 is 18.3 Å². The van der Waals surface area contributed by atoms with E-state index in [0.29, 0.717) is 25.9 Å². The molecule has 4 nitrogen and oxygen atoms in total. The van der Waals surface area contributed by atoms with Crippen LogP contribution in [0.5, 0.6) is 5.75 Å². The van der Waals surface area contributed by atoms with Crippen LogP contribution < -0.4 is 10.5 Å². The van der Waals surface area contributed by atoms with Gasteiger partial charge in [-0.2, -0.15) is 0 Å². The zero-order valence-corrected chi connectivity index (χ0v) is 13.1. The van der Waals surface area contributed by atoms with E-state index < -0.39 is 11.6 Å². The third-order valence-electron chi connectivity index (χ3n) is 3.58. The lowest BCUT2D eigenvalue weighted by Gasteiger charge is -2.30. The lowest BCUT2D eigenvalue weighted by molar-refractivity contribution is -0.132. The molecule has 1 fully saturated rings. The first kappa shape index (κ1) is 18.6. The lowest BCUT2D eigenvalue weighted by Crippen LogP contribution is -2.42. The van der Waals surface area contributed by atoms with E-state index in [9.17, 15) is 13.6 Å². The summed E-state index contributed by atoms with van der Waals surface area (Å²) in [6.45, 7) is 1.63. The van der Waals surface area contributed by atoms with Gasteiger partial charge in [-0.15, -0.1) is 12.4 Å². The Bertz CT molecular complexity index is 494. The average molecular weight is 335 g/mol. The number of ether oxygens (including phenoxy) is 1. The van der Waals surface area contributed by atoms with Gasteiger partial charge in [0.05, 0.1) is 6.61 Å². The smallest absolute Gasteiger partial charge is 0.222 e. The molecule has 0 saturated carbocycles. The van der Waals surface area contributed by atoms with Crippen LogP contribution in [0.15, 0.2) is 18.2 Å². The first-order valence-corrected chi connectivity index (χ1v) is 7.17. The highest BCUT2D eigenvalue weighted by Crippen LogP contribution is 2.18. The van der Waals surface area contributed by atoms with Gasteiger partial charge < -0.3 is 15.4 Å². The van der Waals surface area contributed by atoms with E-state index in [0.717, 1.165) is 25.0 Å². The molecule has 1 aromatic rings. The number of nitrogens with zero attached hydrogens (tertiary/aromatic N) is 1. The second-order valence-electron chi connectivity index (χ2n) is 5.24. The lowest BCUT2D eigenvalue weighted by atomic mass is 10.1. The van der Waals surface area contributed by atoms with Crippen LogP contribution in [-0.4, -0.2) is 36.5 Å². The van der Waals surface area contributed by atoms with Crippen molar-refractivity contribution < 1.29 is 18.3 Å². The van der Waals surface area contributed by atoms with Crippen LogP contribution in [0.2, 0.25) is 0 Å². The van der Waals surface area contributed by atoms with Crippen LogP contribution in [0.3, 0.4) is 0 Å². The predicted octanol–water partition coefficient (Wildman–Crippen LogP) is 2.50. The fraction of sp³-hybridized carbons (Fsp3) is 0.533. The van der Waals surface area contributed by atoms with E-state index in [1.807, 2.05) is 4.90 Å². The Morgan fingerprint density at radius 1 is 1.32 bits per heavy atom. The second-order valence-corrected chi connectivity index (χ2v) is 5.24. The number of benzene rings is 1. The molecule has 0 unspecified atom stereocenters. The molecule has 1 heterocycles. The zero-order chi connectivity index (χ0) is 15.2. The Balaban J connectivity index is 0.00000242. The van der Waals surface area contributed by atoms with Crippen molar-refractivity contribution in [3.8, 4) is 5.75 Å². The van der Waals surface area contributed by atoms with Crippen molar-refractivity contribution in [2.75, 3.05) is 19.7 Å². The quantitative estimate of drug-likeness (QED) is 0.842. The molecule has 0 aliphatic carbocycles. The van der Waals surface area contributed by atoms with E-state index >= 15 is 0 Å². The van der Waals surface area contributed by atoms with Gasteiger partial charge in [0.2, 0.25) is 5.91 Å². The van der Waals surface area contributed by atoms with Crippen molar-refractivity contribution in [1.29, 1.82) is 0 Å². The molecule has 7 heteroatoms. The average Bonchev–Trinajstić information content (AvgIpc) is 2.46. The standard InChI is InChI=1S/C15H20F2N2O2.ClH/c16-11-3-4-14(13(17)10-11)21-9-1-2-15(20)19-7-5-12(18)6-8-19;/h3-4,10,12H,1-2,5-9,18H2;1H. The van der Waals surface area contributed by atoms with Crippen LogP contribution in [0.4, 0.5) is 8.78 Å². The molecule has 0 bridgehead atoms. The molecule has 0 aromatic heterocycles. The number of halogens is 3. The Labute approximate surface area is 135 Å². The minimum absolute atomic E-state index is 0. The Morgan fingerprint density at radius 2 is 2.00 bits per heavy atom. The number of nitrogens with two attached hydrogens (primary N) is 1. The number of piperidine rings is 1. The van der Waals surface area contributed by atoms with Crippen LogP contribution in [0, 0.1) is 11.6 Å². The number of hydrogen-bond acceptors (Lipinski definition) is 3. The van der Waals surface area contributed by atoms with Gasteiger partial charge in [-0.1, -0.05) is 0 Å². The molecular weight excluding hydrogens is 314 g/mol. The molecule has 22 heavy (non-hydrogen) atoms. The third kappa shape index (κ3) is 5.42. The maximum Gasteiger partial charge on any atom is 0.222 e. The Morgan fingerprint density at radius 3 is 2.64 bits per heavy atom. The summed E-state index contributed by atoms with van der Waals surface area (Å²) in [6, 6.07) is 3.36. The fourth-order valence-corrected chi connectivity index (χ4v) is 2.30. The maximum atomic E-state index is 13.3. The number of likely N-dealkylation sites (tertiary alicyclic amines) is 1. The predicted molar refractivity (Wildman–Crippen MR) is 82.1 cm³/mol. The largest absolute Gasteiger partial charge is 0.491 e. The summed E-state index contributed by atoms with van der Waals surface area (Å²) < 4.78 is 31.2. The SMILES string of the molecule is Cl.NC1CCN(C(=O)CCCOc2ccc(F)cc2F)CC1. The Hall–Kier alpha value is -1.40. The number of amides is 1. The van der Waals surface area contributed by atoms with Crippen molar-refractivity contribution in [2.45, 2.75) is 31.7 Å². The Kier molecular flexibility index (Phi) is 7.55. The number of rotatable bonds is 5. The van der Waals surface area contributed by atoms with Gasteiger partial charge in [0.15, 0.2) is 11.6 Å². The molecule has 124 valence electrons. The van der Waals surface area contributed by atoms with E-state index in [2.05, 4.69) is 0 Å². The molecule has 2 N–H and O–H groups in total. The topological polar surface area (TPSA) is 55.6 Å². The van der Waals surface area contributed by atoms with Gasteiger partial charge in [0, 0.05) is 31.6 Å². The molecule has 2 rings (SSSR count). The fourth-order valence-electron chi connectivity index (χ4n) is 2.30. The summed E-state index contributed by atoms with van der Waals surface area (Å²) in [5.41, 5.74) is 5.79. The van der Waals surface area contributed by atoms with E-state index in [4.69, 9.17) is 10.5 Å². The molecule has 1 aliphatic heterocycles. The van der Waals surface area contributed by atoms with Gasteiger partial charge >= 0.3 is 0 Å². The minimum Gasteiger partial charge on any atom is -0.491 e. The van der Waals surface area contributed by atoms with Crippen LogP contribution >= 0.6 is 12.4 Å². The highest BCUT2D eigenvalue weighted by atomic mass is 35.5. The van der Waals surface area contributed by atoms with Gasteiger partial charge in [0.25, 0.3) is 0 Å². The molecule has 1 saturated heterocycles. The monoisotopic (exact) mass is 334 g/mol. The number of hydrogen-bond donors (Lipinski definition) is 1. The van der Waals surface area contributed by atoms with Gasteiger partial charge in [0.1, 0.15) is 5.82 Å². The van der Waals surface area contributed by atoms with E-state index in [1.54, 1.807) is 0 Å². The summed E-state index contributed by atoms with van der Waals surface area (Å²) >= 11 is 0. The normalized spacial score (nSPS) is 15.3. The molecule has 0 spiro atoms. The number of carbonyl (C=O) groups excluding carboxylic acids is 1. The molecule has 1 aliphatic rings. The summed E-state index contributed by atoms with van der Waals surface area (Å²) in [5, 5.41) is 0. The number of carbonyl (C=O) groups is 1. The van der Waals surface area contributed by atoms with E-state index in [1.165, 1.54) is 6.07 Å². The molecule has 0 radical (unpaired) electrons. The van der Waals surface area contributed by atoms with Crippen molar-refractivity contribution in [3.63, 3.8) is 0 Å². The molecular formula is C15H21ClF2N2O2. The second kappa shape index (κ2) is 8.90. The van der Waals surface area contributed by atoms with Crippen molar-refractivity contribution in [1.82, 2.24) is 4.90 Å². The zero-order valence-electron chi connectivity index (χ0n) is 12.3. The summed E-state index contributed by atoms with van der Waals surface area (Å²) in [5.74, 6) is -1.29. The van der Waals surface area contributed by atoms with Crippen LogP contribution in [0.1, 0.15) is 25.7 Å². The van der Waals surface area contributed by atoms with Gasteiger partial charge in [-0.25, -0.2) is 8.78 Å². The van der Waals surface area contributed by atoms with E-state index in [-0.39, 0.29) is 36.7 Å². The van der Waals surface area contributed by atoms with Crippen molar-refractivity contribution in [2.24, 2.45) is 5.73 Å². The highest BCUT2D eigenvalue weighted by Gasteiger charge is 2.19. The first-order valence-electron chi connectivity index (χ1n) is 7.17. The van der Waals surface area contributed by atoms with Crippen molar-refractivity contribution in [3.05, 3.63) is 29.8 Å². The summed E-state index contributed by atoms with van der Waals surface area (Å²) in [6.07, 6.45) is 2.53. The maximum absolute atomic E-state index is 13.3. The molecule has 1 aromatic carbocycles. The first-order chi connectivity index (χ1) is 10.1. The van der Waals surface area contributed by atoms with Gasteiger partial charge in [-0.05, 0) is 31.4 Å². The summed E-state index contributed by atoms with van der Waals surface area (Å²) in [4.78, 5) is 13.7. The summed E-state index contributed by atoms with van der Waals surface area (Å²) in [7, 11) is 0. The van der Waals surface area contributed by atoms with Crippen LogP contribution in [0.25, 0.3) is 0 Å². The molecule has 0 atom stereocenters. The van der Waals surface area contributed by atoms with Crippen LogP contribution in [-0.2, 0) is 4.79 Å².